The van der Waals surface area contributed by atoms with Gasteiger partial charge in [0.05, 0.1) is 22.3 Å². The summed E-state index contributed by atoms with van der Waals surface area (Å²) in [4.78, 5) is 26.0. The third kappa shape index (κ3) is 4.44. The summed E-state index contributed by atoms with van der Waals surface area (Å²) in [5.74, 6) is 0.870. The van der Waals surface area contributed by atoms with Crippen LogP contribution in [0.1, 0.15) is 31.7 Å². The highest BCUT2D eigenvalue weighted by molar-refractivity contribution is 7.99. The minimum Gasteiger partial charge on any atom is -0.325 e. The van der Waals surface area contributed by atoms with Crippen molar-refractivity contribution in [3.05, 3.63) is 94.8 Å². The molecule has 2 aromatic heterocycles. The lowest BCUT2D eigenvalue weighted by molar-refractivity contribution is -0.113. The van der Waals surface area contributed by atoms with E-state index < -0.39 is 0 Å². The molecule has 1 atom stereocenters. The first-order valence-electron chi connectivity index (χ1n) is 11.5. The number of hydrogen-bond donors (Lipinski definition) is 1. The Balaban J connectivity index is 1.55. The second-order valence-electron chi connectivity index (χ2n) is 8.38. The van der Waals surface area contributed by atoms with Gasteiger partial charge in [-0.25, -0.2) is 4.57 Å². The number of carbonyl (C=O) groups excluding carboxylic acids is 1. The molecule has 0 aliphatic heterocycles. The van der Waals surface area contributed by atoms with Gasteiger partial charge in [-0.05, 0) is 54.3 Å². The third-order valence-electron chi connectivity index (χ3n) is 6.12. The average Bonchev–Trinajstić information content (AvgIpc) is 3.32. The van der Waals surface area contributed by atoms with Gasteiger partial charge in [-0.2, -0.15) is 0 Å². The van der Waals surface area contributed by atoms with Gasteiger partial charge in [0.25, 0.3) is 5.56 Å². The van der Waals surface area contributed by atoms with Crippen LogP contribution in [0.2, 0.25) is 0 Å². The van der Waals surface area contributed by atoms with Gasteiger partial charge in [0, 0.05) is 5.69 Å². The van der Waals surface area contributed by atoms with E-state index in [2.05, 4.69) is 41.5 Å². The maximum atomic E-state index is 13.5. The van der Waals surface area contributed by atoms with E-state index in [1.165, 1.54) is 17.3 Å². The highest BCUT2D eigenvalue weighted by atomic mass is 32.2. The zero-order chi connectivity index (χ0) is 24.4. The fraction of sp³-hybridized carbons (Fsp3) is 0.185. The molecule has 0 unspecified atom stereocenters. The molecule has 0 aliphatic carbocycles. The van der Waals surface area contributed by atoms with Crippen LogP contribution < -0.4 is 10.9 Å². The number of carbonyl (C=O) groups is 1. The quantitative estimate of drug-likeness (QED) is 0.319. The van der Waals surface area contributed by atoms with Crippen LogP contribution in [0, 0.1) is 0 Å². The number of anilines is 1. The molecular formula is C27H25N5O2S. The number of amides is 1. The lowest BCUT2D eigenvalue weighted by Gasteiger charge is -2.13. The number of benzene rings is 3. The number of hydrogen-bond acceptors (Lipinski definition) is 5. The fourth-order valence-electron chi connectivity index (χ4n) is 4.04. The van der Waals surface area contributed by atoms with E-state index in [0.717, 1.165) is 17.8 Å². The summed E-state index contributed by atoms with van der Waals surface area (Å²) in [6.45, 7) is 4.34. The van der Waals surface area contributed by atoms with E-state index in [9.17, 15) is 9.59 Å². The zero-order valence-electron chi connectivity index (χ0n) is 19.5. The summed E-state index contributed by atoms with van der Waals surface area (Å²) in [7, 11) is 0. The molecule has 176 valence electrons. The Morgan fingerprint density at radius 3 is 2.43 bits per heavy atom. The highest BCUT2D eigenvalue weighted by Gasteiger charge is 2.19. The average molecular weight is 484 g/mol. The molecule has 35 heavy (non-hydrogen) atoms. The molecule has 0 radical (unpaired) electrons. The van der Waals surface area contributed by atoms with Crippen molar-refractivity contribution >= 4 is 40.0 Å². The number of nitrogens with one attached hydrogen (secondary N) is 1. The molecule has 1 N–H and O–H groups in total. The number of nitrogens with zero attached hydrogens (tertiary/aromatic N) is 4. The van der Waals surface area contributed by atoms with Gasteiger partial charge >= 0.3 is 0 Å². The van der Waals surface area contributed by atoms with E-state index in [4.69, 9.17) is 0 Å². The Morgan fingerprint density at radius 2 is 1.69 bits per heavy atom. The Morgan fingerprint density at radius 1 is 0.971 bits per heavy atom. The first kappa shape index (κ1) is 22.9. The molecule has 5 rings (SSSR count). The predicted molar refractivity (Wildman–Crippen MR) is 141 cm³/mol. The van der Waals surface area contributed by atoms with Crippen molar-refractivity contribution in [3.63, 3.8) is 0 Å². The minimum absolute atomic E-state index is 0.142. The Hall–Kier alpha value is -3.91. The Labute approximate surface area is 206 Å². The molecule has 5 aromatic rings. The van der Waals surface area contributed by atoms with Gasteiger partial charge < -0.3 is 5.32 Å². The molecule has 2 heterocycles. The van der Waals surface area contributed by atoms with Crippen LogP contribution in [0.25, 0.3) is 22.4 Å². The first-order chi connectivity index (χ1) is 17.1. The lowest BCUT2D eigenvalue weighted by Crippen LogP contribution is -2.22. The molecule has 1 amide bonds. The molecular weight excluding hydrogens is 458 g/mol. The van der Waals surface area contributed by atoms with E-state index in [0.29, 0.717) is 27.8 Å². The molecule has 8 heteroatoms. The maximum absolute atomic E-state index is 13.5. The molecule has 0 spiro atoms. The van der Waals surface area contributed by atoms with Crippen molar-refractivity contribution in [2.45, 2.75) is 31.3 Å². The molecule has 0 saturated carbocycles. The van der Waals surface area contributed by atoms with Crippen LogP contribution >= 0.6 is 11.8 Å². The van der Waals surface area contributed by atoms with E-state index >= 15 is 0 Å². The third-order valence-corrected chi connectivity index (χ3v) is 7.05. The monoisotopic (exact) mass is 483 g/mol. The Bertz CT molecular complexity index is 1560. The molecule has 0 aliphatic rings. The van der Waals surface area contributed by atoms with Gasteiger partial charge in [0.15, 0.2) is 5.16 Å². The summed E-state index contributed by atoms with van der Waals surface area (Å²) in [6.07, 6.45) is 1.04. The van der Waals surface area contributed by atoms with Crippen LogP contribution in [-0.2, 0) is 4.79 Å². The maximum Gasteiger partial charge on any atom is 0.267 e. The summed E-state index contributed by atoms with van der Waals surface area (Å²) >= 11 is 1.28. The van der Waals surface area contributed by atoms with E-state index in [1.807, 2.05) is 65.1 Å². The minimum atomic E-state index is -0.157. The topological polar surface area (TPSA) is 81.3 Å². The normalized spacial score (nSPS) is 12.2. The van der Waals surface area contributed by atoms with Gasteiger partial charge in [-0.15, -0.1) is 10.2 Å². The van der Waals surface area contributed by atoms with Crippen molar-refractivity contribution in [2.75, 3.05) is 11.1 Å². The summed E-state index contributed by atoms with van der Waals surface area (Å²) < 4.78 is 3.43. The van der Waals surface area contributed by atoms with Gasteiger partial charge in [0.2, 0.25) is 11.7 Å². The summed E-state index contributed by atoms with van der Waals surface area (Å²) in [5, 5.41) is 12.7. The van der Waals surface area contributed by atoms with Crippen molar-refractivity contribution in [2.24, 2.45) is 0 Å². The number of para-hydroxylation sites is 2. The molecule has 0 fully saturated rings. The van der Waals surface area contributed by atoms with Gasteiger partial charge in [0.1, 0.15) is 0 Å². The number of thioether (sulfide) groups is 1. The Kier molecular flexibility index (Phi) is 6.37. The van der Waals surface area contributed by atoms with Crippen LogP contribution in [-0.4, -0.2) is 30.8 Å². The standard InChI is InChI=1S/C27H25N5O2S/c1-3-18(2)19-13-15-21(16-14-19)31-25(34)22-11-7-8-12-23(22)32-26(31)29-30-27(32)35-17-24(33)28-20-9-5-4-6-10-20/h4-16,18H,3,17H2,1-2H3,(H,28,33)/t18-/m1/s1. The fourth-order valence-corrected chi connectivity index (χ4v) is 4.78. The zero-order valence-corrected chi connectivity index (χ0v) is 20.3. The van der Waals surface area contributed by atoms with Crippen molar-refractivity contribution in [1.29, 1.82) is 0 Å². The first-order valence-corrected chi connectivity index (χ1v) is 12.5. The predicted octanol–water partition coefficient (Wildman–Crippen LogP) is 5.28. The van der Waals surface area contributed by atoms with Crippen LogP contribution in [0.5, 0.6) is 0 Å². The molecule has 0 saturated heterocycles. The SMILES string of the molecule is CC[C@@H](C)c1ccc(-n2c(=O)c3ccccc3n3c(SCC(=O)Nc4ccccc4)nnc23)cc1. The molecule has 0 bridgehead atoms. The van der Waals surface area contributed by atoms with Crippen molar-refractivity contribution < 1.29 is 4.79 Å². The highest BCUT2D eigenvalue weighted by Crippen LogP contribution is 2.25. The van der Waals surface area contributed by atoms with E-state index in [1.54, 1.807) is 10.6 Å². The summed E-state index contributed by atoms with van der Waals surface area (Å²) in [6, 6.07) is 24.7. The van der Waals surface area contributed by atoms with E-state index in [-0.39, 0.29) is 17.2 Å². The van der Waals surface area contributed by atoms with Crippen LogP contribution in [0.4, 0.5) is 5.69 Å². The second kappa shape index (κ2) is 9.76. The van der Waals surface area contributed by atoms with Crippen LogP contribution in [0.15, 0.2) is 88.8 Å². The second-order valence-corrected chi connectivity index (χ2v) is 9.32. The number of aromatic nitrogens is 4. The number of fused-ring (bicyclic) bond motifs is 3. The largest absolute Gasteiger partial charge is 0.325 e. The van der Waals surface area contributed by atoms with Crippen molar-refractivity contribution in [3.8, 4) is 5.69 Å². The van der Waals surface area contributed by atoms with Crippen LogP contribution in [0.3, 0.4) is 0 Å². The molecule has 7 nitrogen and oxygen atoms in total. The molecule has 3 aromatic carbocycles. The van der Waals surface area contributed by atoms with Gasteiger partial charge in [-0.1, -0.05) is 68.1 Å². The number of rotatable bonds is 7. The lowest BCUT2D eigenvalue weighted by atomic mass is 9.98. The van der Waals surface area contributed by atoms with Crippen molar-refractivity contribution in [1.82, 2.24) is 19.2 Å². The smallest absolute Gasteiger partial charge is 0.267 e. The summed E-state index contributed by atoms with van der Waals surface area (Å²) in [5.41, 5.74) is 3.24. The van der Waals surface area contributed by atoms with Gasteiger partial charge in [-0.3, -0.25) is 14.0 Å².